The molecule has 0 saturated heterocycles. The molecule has 0 spiro atoms. The van der Waals surface area contributed by atoms with Crippen molar-refractivity contribution in [3.63, 3.8) is 0 Å². The number of nitrogens with one attached hydrogen (secondary N) is 1. The molecule has 0 rings (SSSR count). The molecule has 0 aliphatic carbocycles. The Morgan fingerprint density at radius 1 is 1.20 bits per heavy atom. The van der Waals surface area contributed by atoms with Crippen molar-refractivity contribution in [1.82, 2.24) is 5.32 Å². The van der Waals surface area contributed by atoms with Crippen LogP contribution in [0.3, 0.4) is 0 Å². The van der Waals surface area contributed by atoms with Crippen LogP contribution in [0.1, 0.15) is 6.92 Å². The zero-order valence-corrected chi connectivity index (χ0v) is 8.75. The van der Waals surface area contributed by atoms with Crippen molar-refractivity contribution in [2.75, 3.05) is 39.6 Å². The Kier molecular flexibility index (Phi) is 8.90. The van der Waals surface area contributed by atoms with Crippen LogP contribution in [-0.2, 0) is 19.1 Å². The smallest absolute Gasteiger partial charge is 0.251 e. The van der Waals surface area contributed by atoms with Crippen LogP contribution in [0.2, 0.25) is 0 Å². The highest BCUT2D eigenvalue weighted by Crippen LogP contribution is 1.79. The lowest BCUT2D eigenvalue weighted by atomic mass is 10.5. The van der Waals surface area contributed by atoms with E-state index >= 15 is 0 Å². The normalized spacial score (nSPS) is 10.0. The van der Waals surface area contributed by atoms with Crippen LogP contribution in [0.5, 0.6) is 0 Å². The van der Waals surface area contributed by atoms with E-state index < -0.39 is 12.6 Å². The number of carbonyl (C=O) groups is 2. The molecular weight excluding hydrogens is 205 g/mol. The maximum Gasteiger partial charge on any atom is 0.251 e. The van der Waals surface area contributed by atoms with Crippen LogP contribution in [0.25, 0.3) is 0 Å². The van der Waals surface area contributed by atoms with Crippen molar-refractivity contribution < 1.29 is 23.5 Å². The number of carbonyl (C=O) groups excluding carboxylic acids is 2. The molecule has 15 heavy (non-hydrogen) atoms. The minimum absolute atomic E-state index is 0.0368. The number of alkyl halides is 1. The molecule has 6 heteroatoms. The van der Waals surface area contributed by atoms with Gasteiger partial charge >= 0.3 is 0 Å². The maximum absolute atomic E-state index is 11.6. The lowest BCUT2D eigenvalue weighted by molar-refractivity contribution is -0.123. The van der Waals surface area contributed by atoms with Gasteiger partial charge in [-0.15, -0.1) is 0 Å². The molecule has 0 aromatic carbocycles. The van der Waals surface area contributed by atoms with E-state index in [-0.39, 0.29) is 18.9 Å². The zero-order chi connectivity index (χ0) is 11.5. The van der Waals surface area contributed by atoms with Gasteiger partial charge in [-0.3, -0.25) is 9.59 Å². The summed E-state index contributed by atoms with van der Waals surface area (Å²) in [7, 11) is 0. The summed E-state index contributed by atoms with van der Waals surface area (Å²) < 4.78 is 21.6. The van der Waals surface area contributed by atoms with E-state index in [0.717, 1.165) is 0 Å². The van der Waals surface area contributed by atoms with Crippen LogP contribution >= 0.6 is 0 Å². The van der Waals surface area contributed by atoms with Crippen LogP contribution in [0.4, 0.5) is 4.39 Å². The van der Waals surface area contributed by atoms with Crippen molar-refractivity contribution in [1.29, 1.82) is 0 Å². The lowest BCUT2D eigenvalue weighted by Crippen LogP contribution is -2.28. The number of rotatable bonds is 9. The highest BCUT2D eigenvalue weighted by atomic mass is 19.1. The average molecular weight is 221 g/mol. The van der Waals surface area contributed by atoms with Gasteiger partial charge in [0.2, 0.25) is 0 Å². The second-order valence-electron chi connectivity index (χ2n) is 2.85. The third-order valence-electron chi connectivity index (χ3n) is 1.37. The summed E-state index contributed by atoms with van der Waals surface area (Å²) in [4.78, 5) is 20.9. The van der Waals surface area contributed by atoms with Gasteiger partial charge in [0, 0.05) is 6.54 Å². The summed E-state index contributed by atoms with van der Waals surface area (Å²) in [5, 5.41) is 2.31. The number of ketones is 1. The summed E-state index contributed by atoms with van der Waals surface area (Å²) in [6.07, 6.45) is 0. The molecule has 0 aliphatic heterocycles. The van der Waals surface area contributed by atoms with E-state index in [1.165, 1.54) is 6.92 Å². The number of hydrogen-bond acceptors (Lipinski definition) is 4. The average Bonchev–Trinajstić information content (AvgIpc) is 2.21. The van der Waals surface area contributed by atoms with Gasteiger partial charge in [0.15, 0.2) is 12.5 Å². The van der Waals surface area contributed by atoms with Gasteiger partial charge in [0.1, 0.15) is 6.61 Å². The van der Waals surface area contributed by atoms with Crippen LogP contribution in [0, 0.1) is 0 Å². The first-order valence-corrected chi connectivity index (χ1v) is 4.64. The number of amides is 1. The van der Waals surface area contributed by atoms with Gasteiger partial charge in [-0.2, -0.15) is 0 Å². The van der Waals surface area contributed by atoms with Crippen LogP contribution in [-0.4, -0.2) is 51.3 Å². The predicted octanol–water partition coefficient (Wildman–Crippen LogP) is -0.306. The Morgan fingerprint density at radius 3 is 2.47 bits per heavy atom. The van der Waals surface area contributed by atoms with Crippen LogP contribution in [0.15, 0.2) is 0 Å². The topological polar surface area (TPSA) is 64.6 Å². The van der Waals surface area contributed by atoms with Gasteiger partial charge in [-0.1, -0.05) is 0 Å². The second kappa shape index (κ2) is 9.54. The van der Waals surface area contributed by atoms with Crippen molar-refractivity contribution in [2.45, 2.75) is 6.92 Å². The van der Waals surface area contributed by atoms with Gasteiger partial charge in [0.25, 0.3) is 5.91 Å². The van der Waals surface area contributed by atoms with Crippen molar-refractivity contribution in [3.8, 4) is 0 Å². The number of halogens is 1. The molecule has 5 nitrogen and oxygen atoms in total. The minimum atomic E-state index is -1.01. The first-order valence-electron chi connectivity index (χ1n) is 4.64. The Bertz CT molecular complexity index is 199. The third-order valence-corrected chi connectivity index (χ3v) is 1.37. The highest BCUT2D eigenvalue weighted by Gasteiger charge is 1.97. The minimum Gasteiger partial charge on any atom is -0.377 e. The zero-order valence-electron chi connectivity index (χ0n) is 8.75. The molecule has 0 fully saturated rings. The highest BCUT2D eigenvalue weighted by molar-refractivity contribution is 5.77. The quantitative estimate of drug-likeness (QED) is 0.543. The number of ether oxygens (including phenoxy) is 2. The lowest BCUT2D eigenvalue weighted by Gasteiger charge is -2.05. The van der Waals surface area contributed by atoms with E-state index in [0.29, 0.717) is 19.8 Å². The van der Waals surface area contributed by atoms with E-state index in [9.17, 15) is 14.0 Å². The summed E-state index contributed by atoms with van der Waals surface area (Å²) >= 11 is 0. The number of hydrogen-bond donors (Lipinski definition) is 1. The molecule has 0 aromatic rings. The van der Waals surface area contributed by atoms with Gasteiger partial charge in [-0.05, 0) is 6.92 Å². The molecule has 0 unspecified atom stereocenters. The molecular formula is C9H16FNO4. The fourth-order valence-corrected chi connectivity index (χ4v) is 0.746. The largest absolute Gasteiger partial charge is 0.377 e. The Labute approximate surface area is 87.9 Å². The van der Waals surface area contributed by atoms with E-state index in [2.05, 4.69) is 5.32 Å². The summed E-state index contributed by atoms with van der Waals surface area (Å²) in [6.45, 7) is 1.76. The molecule has 0 saturated carbocycles. The monoisotopic (exact) mass is 221 g/mol. The first-order chi connectivity index (χ1) is 7.16. The molecule has 1 amide bonds. The van der Waals surface area contributed by atoms with Crippen LogP contribution < -0.4 is 5.32 Å². The van der Waals surface area contributed by atoms with Gasteiger partial charge in [0.05, 0.1) is 19.8 Å². The Hall–Kier alpha value is -1.01. The molecule has 88 valence electrons. The molecule has 0 bridgehead atoms. The van der Waals surface area contributed by atoms with E-state index in [4.69, 9.17) is 9.47 Å². The molecule has 0 aliphatic rings. The molecule has 0 aromatic heterocycles. The fraction of sp³-hybridized carbons (Fsp3) is 0.778. The third kappa shape index (κ3) is 10.9. The van der Waals surface area contributed by atoms with Crippen molar-refractivity contribution >= 4 is 11.7 Å². The molecule has 0 radical (unpaired) electrons. The van der Waals surface area contributed by atoms with E-state index in [1.807, 2.05) is 0 Å². The molecule has 0 heterocycles. The first kappa shape index (κ1) is 14.0. The molecule has 1 N–H and O–H groups in total. The van der Waals surface area contributed by atoms with E-state index in [1.54, 1.807) is 0 Å². The SMILES string of the molecule is CC(=O)COCCOCCNC(=O)CF. The summed E-state index contributed by atoms with van der Waals surface area (Å²) in [5.74, 6) is -0.684. The standard InChI is InChI=1S/C9H16FNO4/c1-8(12)7-15-5-4-14-3-2-11-9(13)6-10/h2-7H2,1H3,(H,11,13). The number of Topliss-reactive ketones (excluding diaryl/α,β-unsaturated/α-hetero) is 1. The Balaban J connectivity index is 3.05. The fourth-order valence-electron chi connectivity index (χ4n) is 0.746. The van der Waals surface area contributed by atoms with Gasteiger partial charge < -0.3 is 14.8 Å². The van der Waals surface area contributed by atoms with Gasteiger partial charge in [-0.25, -0.2) is 4.39 Å². The predicted molar refractivity (Wildman–Crippen MR) is 51.3 cm³/mol. The summed E-state index contributed by atoms with van der Waals surface area (Å²) in [6, 6.07) is 0. The second-order valence-corrected chi connectivity index (χ2v) is 2.85. The molecule has 0 atom stereocenters. The summed E-state index contributed by atoms with van der Waals surface area (Å²) in [5.41, 5.74) is 0. The van der Waals surface area contributed by atoms with Crippen molar-refractivity contribution in [2.24, 2.45) is 0 Å². The maximum atomic E-state index is 11.6. The Morgan fingerprint density at radius 2 is 1.87 bits per heavy atom. The van der Waals surface area contributed by atoms with Crippen molar-refractivity contribution in [3.05, 3.63) is 0 Å².